The molecule has 22 heavy (non-hydrogen) atoms. The monoisotopic (exact) mass is 449 g/mol. The van der Waals surface area contributed by atoms with Crippen molar-refractivity contribution in [2.75, 3.05) is 0 Å². The van der Waals surface area contributed by atoms with Crippen molar-refractivity contribution in [3.63, 3.8) is 0 Å². The number of hydrogen-bond donors (Lipinski definition) is 0. The van der Waals surface area contributed by atoms with Crippen molar-refractivity contribution in [3.05, 3.63) is 0 Å². The van der Waals surface area contributed by atoms with E-state index in [4.69, 9.17) is 0 Å². The Morgan fingerprint density at radius 3 is 0.955 bits per heavy atom. The average molecular weight is 449 g/mol. The maximum atomic E-state index is 12.9. The Morgan fingerprint density at radius 1 is 0.591 bits per heavy atom. The molecule has 0 saturated heterocycles. The molecule has 0 aromatic carbocycles. The van der Waals surface area contributed by atoms with Crippen molar-refractivity contribution in [1.82, 2.24) is 0 Å². The van der Waals surface area contributed by atoms with Crippen molar-refractivity contribution < 1.29 is 61.5 Å². The van der Waals surface area contributed by atoms with Crippen LogP contribution >= 0.6 is 9.95 Å². The van der Waals surface area contributed by atoms with E-state index in [2.05, 4.69) is 9.95 Å². The molecule has 0 fully saturated rings. The van der Waals surface area contributed by atoms with Crippen LogP contribution in [0.4, 0.5) is 61.5 Å². The van der Waals surface area contributed by atoms with Gasteiger partial charge in [-0.2, -0.15) is 0 Å². The van der Waals surface area contributed by atoms with Gasteiger partial charge in [0.05, 0.1) is 0 Å². The number of alkyl halides is 14. The summed E-state index contributed by atoms with van der Waals surface area (Å²) < 4.78 is 157. The van der Waals surface area contributed by atoms with Crippen LogP contribution in [0.25, 0.3) is 0 Å². The molecule has 0 spiro atoms. The van der Waals surface area contributed by atoms with E-state index in [9.17, 15) is 61.5 Å². The maximum absolute atomic E-state index is 12.9. The van der Waals surface area contributed by atoms with Crippen LogP contribution in [0.2, 0.25) is 0 Å². The fourth-order valence-corrected chi connectivity index (χ4v) is 6.93. The van der Waals surface area contributed by atoms with E-state index in [1.54, 1.807) is 0 Å². The molecule has 1 unspecified atom stereocenters. The predicted molar refractivity (Wildman–Crippen MR) is 44.6 cm³/mol. The van der Waals surface area contributed by atoms with Gasteiger partial charge < -0.3 is 0 Å². The molecule has 0 aromatic heterocycles. The zero-order valence-corrected chi connectivity index (χ0v) is 11.8. The summed E-state index contributed by atoms with van der Waals surface area (Å²) >= 11 is -9.41. The van der Waals surface area contributed by atoms with E-state index in [1.165, 1.54) is 0 Å². The number of rotatable bonds is 3. The molecule has 1 radical (unpaired) electrons. The van der Waals surface area contributed by atoms with Crippen LogP contribution in [0, 0.1) is 0 Å². The number of hydrogen-bond acceptors (Lipinski definition) is 0. The predicted octanol–water partition coefficient (Wildman–Crippen LogP) is 5.08. The summed E-state index contributed by atoms with van der Waals surface area (Å²) in [4.78, 5) is -5.89. The van der Waals surface area contributed by atoms with Gasteiger partial charge in [0.25, 0.3) is 0 Å². The van der Waals surface area contributed by atoms with Gasteiger partial charge in [0.2, 0.25) is 0 Å². The van der Waals surface area contributed by atoms with Gasteiger partial charge >= 0.3 is 117 Å². The van der Waals surface area contributed by atoms with Crippen molar-refractivity contribution >= 4 is 22.6 Å². The third-order valence-electron chi connectivity index (χ3n) is 2.08. The molecule has 0 nitrogen and oxygen atoms in total. The van der Waals surface area contributed by atoms with E-state index in [-0.39, 0.29) is 0 Å². The van der Waals surface area contributed by atoms with Crippen LogP contribution in [-0.2, 0) is 0 Å². The van der Waals surface area contributed by atoms with Crippen molar-refractivity contribution in [2.24, 2.45) is 0 Å². The summed E-state index contributed by atoms with van der Waals surface area (Å²) in [6.45, 7) is 0. The SMILES string of the molecule is FC(C(F)(F)F)[As](Cl)(C(F)(F)C(F)(F)F)C(F)(F)C(F)(F)F. The molecule has 1 atom stereocenters. The third kappa shape index (κ3) is 3.09. The Labute approximate surface area is 118 Å². The van der Waals surface area contributed by atoms with Crippen LogP contribution in [-0.4, -0.2) is 45.5 Å². The molecule has 16 heteroatoms. The molecule has 0 aromatic rings. The fraction of sp³-hybridized carbons (Fsp3) is 1.00. The first-order valence-electron chi connectivity index (χ1n) is 4.34. The minimum atomic E-state index is -9.41. The van der Waals surface area contributed by atoms with Crippen LogP contribution < -0.4 is 0 Å². The standard InChI is InChI=1S/C6HAsClF14/c8-7(1(9)2(10,11)12,3(13,14)5(17,18)19)4(15,16)6(20,21)22/h1H. The Balaban J connectivity index is 6.63. The second kappa shape index (κ2) is 5.45. The van der Waals surface area contributed by atoms with Crippen LogP contribution in [0.3, 0.4) is 0 Å². The molecule has 0 bridgehead atoms. The summed E-state index contributed by atoms with van der Waals surface area (Å²) in [6.07, 6.45) is -21.6. The quantitative estimate of drug-likeness (QED) is 0.416. The summed E-state index contributed by atoms with van der Waals surface area (Å²) in [5.41, 5.74) is 0. The topological polar surface area (TPSA) is 0 Å². The molecule has 0 amide bonds. The summed E-state index contributed by atoms with van der Waals surface area (Å²) in [5, 5.41) is 0. The van der Waals surface area contributed by atoms with E-state index in [1.807, 2.05) is 0 Å². The molecule has 0 aliphatic heterocycles. The first kappa shape index (κ1) is 21.9. The van der Waals surface area contributed by atoms with Gasteiger partial charge in [0.15, 0.2) is 0 Å². The first-order chi connectivity index (χ1) is 9.15. The van der Waals surface area contributed by atoms with Crippen molar-refractivity contribution in [2.45, 2.75) is 32.9 Å². The molecular formula is C6HAsClF14. The van der Waals surface area contributed by atoms with Crippen LogP contribution in [0.5, 0.6) is 0 Å². The molecule has 0 N–H and O–H groups in total. The molecular weight excluding hydrogens is 448 g/mol. The normalized spacial score (nSPS) is 17.6. The van der Waals surface area contributed by atoms with Gasteiger partial charge in [-0.3, -0.25) is 0 Å². The van der Waals surface area contributed by atoms with E-state index >= 15 is 0 Å². The van der Waals surface area contributed by atoms with Gasteiger partial charge in [-0.25, -0.2) is 0 Å². The van der Waals surface area contributed by atoms with Gasteiger partial charge in [0, 0.05) is 0 Å². The molecule has 0 saturated carbocycles. The summed E-state index contributed by atoms with van der Waals surface area (Å²) in [7, 11) is 3.86. The number of halogens is 15. The van der Waals surface area contributed by atoms with Gasteiger partial charge in [0.1, 0.15) is 0 Å². The average Bonchev–Trinajstić information content (AvgIpc) is 2.21. The van der Waals surface area contributed by atoms with Gasteiger partial charge in [-0.1, -0.05) is 0 Å². The zero-order valence-electron chi connectivity index (χ0n) is 9.19. The van der Waals surface area contributed by atoms with Gasteiger partial charge in [-0.15, -0.1) is 0 Å². The first-order valence-corrected chi connectivity index (χ1v) is 9.76. The van der Waals surface area contributed by atoms with E-state index in [0.717, 1.165) is 0 Å². The minimum absolute atomic E-state index is 3.86. The van der Waals surface area contributed by atoms with Crippen molar-refractivity contribution in [1.29, 1.82) is 0 Å². The molecule has 0 rings (SSSR count). The van der Waals surface area contributed by atoms with Crippen LogP contribution in [0.1, 0.15) is 0 Å². The molecule has 135 valence electrons. The Morgan fingerprint density at radius 2 is 0.818 bits per heavy atom. The van der Waals surface area contributed by atoms with Crippen LogP contribution in [0.15, 0.2) is 0 Å². The summed E-state index contributed by atoms with van der Waals surface area (Å²) in [6, 6.07) is 0. The molecule has 0 aliphatic rings. The zero-order chi connectivity index (χ0) is 18.6. The Hall–Kier alpha value is -0.132. The van der Waals surface area contributed by atoms with Gasteiger partial charge in [-0.05, 0) is 0 Å². The summed E-state index contributed by atoms with van der Waals surface area (Å²) in [5.74, 6) is 0. The third-order valence-corrected chi connectivity index (χ3v) is 11.6. The fourth-order valence-electron chi connectivity index (χ4n) is 1.03. The Bertz CT molecular complexity index is 377. The Kier molecular flexibility index (Phi) is 5.42. The second-order valence-electron chi connectivity index (χ2n) is 3.59. The second-order valence-corrected chi connectivity index (χ2v) is 12.3. The van der Waals surface area contributed by atoms with Crippen molar-refractivity contribution in [3.8, 4) is 0 Å². The molecule has 0 heterocycles. The van der Waals surface area contributed by atoms with E-state index in [0.29, 0.717) is 0 Å². The van der Waals surface area contributed by atoms with E-state index < -0.39 is 45.5 Å². The molecule has 0 aliphatic carbocycles.